The topological polar surface area (TPSA) is 72.7 Å². The van der Waals surface area contributed by atoms with Crippen molar-refractivity contribution in [2.75, 3.05) is 5.32 Å². The van der Waals surface area contributed by atoms with E-state index in [1.807, 2.05) is 37.3 Å². The van der Waals surface area contributed by atoms with Crippen molar-refractivity contribution >= 4 is 54.4 Å². The summed E-state index contributed by atoms with van der Waals surface area (Å²) in [4.78, 5) is 17.3. The summed E-state index contributed by atoms with van der Waals surface area (Å²) < 4.78 is 2.85. The van der Waals surface area contributed by atoms with Gasteiger partial charge in [-0.05, 0) is 36.6 Å². The number of aromatic nitrogens is 4. The fourth-order valence-electron chi connectivity index (χ4n) is 3.23. The predicted molar refractivity (Wildman–Crippen MR) is 108 cm³/mol. The summed E-state index contributed by atoms with van der Waals surface area (Å²) in [5, 5.41) is 13.9. The molecule has 3 aromatic carbocycles. The summed E-state index contributed by atoms with van der Waals surface area (Å²) in [5.41, 5.74) is 3.07. The van der Waals surface area contributed by atoms with Crippen LogP contribution in [0.25, 0.3) is 32.0 Å². The molecule has 2 heterocycles. The van der Waals surface area contributed by atoms with Crippen molar-refractivity contribution in [2.24, 2.45) is 0 Å². The molecule has 0 unspecified atom stereocenters. The van der Waals surface area contributed by atoms with Crippen LogP contribution in [-0.2, 0) is 6.54 Å². The lowest BCUT2D eigenvalue weighted by Crippen LogP contribution is -2.11. The molecule has 0 aliphatic heterocycles. The first kappa shape index (κ1) is 15.9. The summed E-state index contributed by atoms with van der Waals surface area (Å²) in [5.74, 6) is -0.202. The first-order valence-corrected chi connectivity index (χ1v) is 9.47. The Bertz CT molecular complexity index is 1320. The standard InChI is InChI=1S/C20H15N5OS/c1-2-25-16-9-7-13(11-15(16)23-24-25)19(26)22-20-21-18-14-6-4-3-5-12(14)8-10-17(18)27-20/h3-11H,2H2,1H3,(H,21,22,26). The SMILES string of the molecule is CCn1nnc2cc(C(=O)Nc3nc4c(ccc5ccccc54)s3)ccc21. The van der Waals surface area contributed by atoms with Gasteiger partial charge in [0.25, 0.3) is 5.91 Å². The monoisotopic (exact) mass is 373 g/mol. The quantitative estimate of drug-likeness (QED) is 0.506. The van der Waals surface area contributed by atoms with Gasteiger partial charge in [-0.3, -0.25) is 10.1 Å². The van der Waals surface area contributed by atoms with E-state index in [0.717, 1.165) is 33.1 Å². The number of hydrogen-bond donors (Lipinski definition) is 1. The third-order valence-electron chi connectivity index (χ3n) is 4.58. The predicted octanol–water partition coefficient (Wildman–Crippen LogP) is 4.47. The van der Waals surface area contributed by atoms with Gasteiger partial charge in [0.2, 0.25) is 0 Å². The fraction of sp³-hybridized carbons (Fsp3) is 0.100. The zero-order valence-electron chi connectivity index (χ0n) is 14.5. The average Bonchev–Trinajstić information content (AvgIpc) is 3.30. The number of rotatable bonds is 3. The Morgan fingerprint density at radius 2 is 2.04 bits per heavy atom. The largest absolute Gasteiger partial charge is 0.298 e. The number of anilines is 1. The average molecular weight is 373 g/mol. The third kappa shape index (κ3) is 2.63. The molecule has 0 aliphatic rings. The van der Waals surface area contributed by atoms with Crippen LogP contribution in [0.1, 0.15) is 17.3 Å². The summed E-state index contributed by atoms with van der Waals surface area (Å²) in [7, 11) is 0. The smallest absolute Gasteiger partial charge is 0.257 e. The van der Waals surface area contributed by atoms with Crippen LogP contribution < -0.4 is 5.32 Å². The number of thiazole rings is 1. The maximum absolute atomic E-state index is 12.7. The van der Waals surface area contributed by atoms with Crippen LogP contribution in [0.3, 0.4) is 0 Å². The molecule has 0 aliphatic carbocycles. The number of hydrogen-bond acceptors (Lipinski definition) is 5. The molecule has 0 spiro atoms. The van der Waals surface area contributed by atoms with Crippen molar-refractivity contribution < 1.29 is 4.79 Å². The Balaban J connectivity index is 1.49. The first-order valence-electron chi connectivity index (χ1n) is 8.66. The van der Waals surface area contributed by atoms with Crippen LogP contribution in [-0.4, -0.2) is 25.9 Å². The summed E-state index contributed by atoms with van der Waals surface area (Å²) in [6, 6.07) is 17.7. The molecular formula is C20H15N5OS. The molecule has 5 rings (SSSR count). The lowest BCUT2D eigenvalue weighted by Gasteiger charge is -2.02. The molecule has 0 saturated carbocycles. The number of amides is 1. The number of benzene rings is 3. The van der Waals surface area contributed by atoms with E-state index < -0.39 is 0 Å². The Morgan fingerprint density at radius 3 is 2.93 bits per heavy atom. The van der Waals surface area contributed by atoms with Gasteiger partial charge in [0.05, 0.1) is 15.7 Å². The van der Waals surface area contributed by atoms with E-state index in [1.165, 1.54) is 11.3 Å². The Hall–Kier alpha value is -3.32. The van der Waals surface area contributed by atoms with Crippen molar-refractivity contribution in [1.82, 2.24) is 20.0 Å². The van der Waals surface area contributed by atoms with Crippen molar-refractivity contribution in [3.8, 4) is 0 Å². The van der Waals surface area contributed by atoms with Crippen LogP contribution in [0.15, 0.2) is 54.6 Å². The van der Waals surface area contributed by atoms with E-state index in [1.54, 1.807) is 16.8 Å². The van der Waals surface area contributed by atoms with Crippen molar-refractivity contribution in [1.29, 1.82) is 0 Å². The van der Waals surface area contributed by atoms with E-state index in [-0.39, 0.29) is 5.91 Å². The van der Waals surface area contributed by atoms with Crippen molar-refractivity contribution in [3.05, 3.63) is 60.2 Å². The molecule has 27 heavy (non-hydrogen) atoms. The molecule has 1 amide bonds. The van der Waals surface area contributed by atoms with Gasteiger partial charge in [-0.25, -0.2) is 9.67 Å². The van der Waals surface area contributed by atoms with E-state index in [0.29, 0.717) is 16.2 Å². The normalized spacial score (nSPS) is 11.4. The molecule has 1 N–H and O–H groups in total. The summed E-state index contributed by atoms with van der Waals surface area (Å²) >= 11 is 1.47. The van der Waals surface area contributed by atoms with Crippen LogP contribution in [0.2, 0.25) is 0 Å². The molecule has 0 bridgehead atoms. The van der Waals surface area contributed by atoms with Crippen LogP contribution >= 0.6 is 11.3 Å². The highest BCUT2D eigenvalue weighted by atomic mass is 32.1. The van der Waals surface area contributed by atoms with Gasteiger partial charge in [0, 0.05) is 17.5 Å². The third-order valence-corrected chi connectivity index (χ3v) is 5.52. The van der Waals surface area contributed by atoms with Gasteiger partial charge >= 0.3 is 0 Å². The van der Waals surface area contributed by atoms with Crippen molar-refractivity contribution in [3.63, 3.8) is 0 Å². The molecule has 132 valence electrons. The van der Waals surface area contributed by atoms with E-state index in [4.69, 9.17) is 0 Å². The molecule has 0 radical (unpaired) electrons. The molecule has 2 aromatic heterocycles. The number of carbonyl (C=O) groups excluding carboxylic acids is 1. The lowest BCUT2D eigenvalue weighted by atomic mass is 10.1. The molecule has 0 saturated heterocycles. The minimum Gasteiger partial charge on any atom is -0.298 e. The van der Waals surface area contributed by atoms with E-state index >= 15 is 0 Å². The highest BCUT2D eigenvalue weighted by Gasteiger charge is 2.13. The van der Waals surface area contributed by atoms with Crippen LogP contribution in [0.5, 0.6) is 0 Å². The van der Waals surface area contributed by atoms with Gasteiger partial charge in [-0.2, -0.15) is 0 Å². The maximum Gasteiger partial charge on any atom is 0.257 e. The second kappa shape index (κ2) is 6.14. The van der Waals surface area contributed by atoms with Gasteiger partial charge in [-0.15, -0.1) is 5.10 Å². The molecule has 5 aromatic rings. The minimum atomic E-state index is -0.202. The number of aryl methyl sites for hydroxylation is 1. The van der Waals surface area contributed by atoms with E-state index in [2.05, 4.69) is 32.7 Å². The lowest BCUT2D eigenvalue weighted by molar-refractivity contribution is 0.102. The molecule has 0 atom stereocenters. The number of nitrogens with one attached hydrogen (secondary N) is 1. The second-order valence-corrected chi connectivity index (χ2v) is 7.25. The first-order chi connectivity index (χ1) is 13.2. The fourth-order valence-corrected chi connectivity index (χ4v) is 4.11. The minimum absolute atomic E-state index is 0.202. The Labute approximate surface area is 158 Å². The zero-order valence-corrected chi connectivity index (χ0v) is 15.3. The van der Waals surface area contributed by atoms with Crippen LogP contribution in [0, 0.1) is 0 Å². The zero-order chi connectivity index (χ0) is 18.4. The number of carbonyl (C=O) groups is 1. The van der Waals surface area contributed by atoms with Gasteiger partial charge in [-0.1, -0.05) is 46.9 Å². The highest BCUT2D eigenvalue weighted by Crippen LogP contribution is 2.31. The van der Waals surface area contributed by atoms with Gasteiger partial charge in [0.1, 0.15) is 5.52 Å². The highest BCUT2D eigenvalue weighted by molar-refractivity contribution is 7.22. The second-order valence-electron chi connectivity index (χ2n) is 6.22. The van der Waals surface area contributed by atoms with Crippen LogP contribution in [0.4, 0.5) is 5.13 Å². The molecule has 6 nitrogen and oxygen atoms in total. The number of nitrogens with zero attached hydrogens (tertiary/aromatic N) is 4. The molecule has 7 heteroatoms. The molecule has 0 fully saturated rings. The maximum atomic E-state index is 12.7. The van der Waals surface area contributed by atoms with E-state index in [9.17, 15) is 4.79 Å². The van der Waals surface area contributed by atoms with Gasteiger partial charge in [0.15, 0.2) is 5.13 Å². The Kier molecular flexibility index (Phi) is 3.61. The summed E-state index contributed by atoms with van der Waals surface area (Å²) in [6.45, 7) is 2.74. The molecular weight excluding hydrogens is 358 g/mol. The van der Waals surface area contributed by atoms with Gasteiger partial charge < -0.3 is 0 Å². The Morgan fingerprint density at radius 1 is 1.15 bits per heavy atom. The summed E-state index contributed by atoms with van der Waals surface area (Å²) in [6.07, 6.45) is 0. The number of fused-ring (bicyclic) bond motifs is 4. The van der Waals surface area contributed by atoms with Crippen molar-refractivity contribution in [2.45, 2.75) is 13.5 Å².